The highest BCUT2D eigenvalue weighted by Crippen LogP contribution is 2.24. The number of esters is 1. The summed E-state index contributed by atoms with van der Waals surface area (Å²) in [4.78, 5) is 29.2. The van der Waals surface area contributed by atoms with Crippen molar-refractivity contribution in [2.24, 2.45) is 0 Å². The summed E-state index contributed by atoms with van der Waals surface area (Å²) < 4.78 is 6.21. The van der Waals surface area contributed by atoms with Crippen LogP contribution >= 0.6 is 22.9 Å². The maximum absolute atomic E-state index is 12.6. The minimum Gasteiger partial charge on any atom is -0.462 e. The quantitative estimate of drug-likeness (QED) is 0.523. The molecule has 0 fully saturated rings. The van der Waals surface area contributed by atoms with Gasteiger partial charge in [0.2, 0.25) is 10.1 Å². The maximum atomic E-state index is 12.6. The normalized spacial score (nSPS) is 11.0. The monoisotopic (exact) mass is 400 g/mol. The zero-order valence-corrected chi connectivity index (χ0v) is 15.7. The lowest BCUT2D eigenvalue weighted by Gasteiger charge is -2.04. The molecule has 0 saturated carbocycles. The number of anilines is 2. The van der Waals surface area contributed by atoms with Crippen LogP contribution in [0.1, 0.15) is 17.3 Å². The van der Waals surface area contributed by atoms with Crippen molar-refractivity contribution >= 4 is 55.6 Å². The van der Waals surface area contributed by atoms with Gasteiger partial charge >= 0.3 is 5.97 Å². The van der Waals surface area contributed by atoms with Gasteiger partial charge in [0.1, 0.15) is 0 Å². The van der Waals surface area contributed by atoms with Crippen LogP contribution in [-0.2, 0) is 4.74 Å². The average Bonchev–Trinajstić information content (AvgIpc) is 3.06. The largest absolute Gasteiger partial charge is 0.462 e. The number of nitrogens with one attached hydrogen (secondary N) is 1. The van der Waals surface area contributed by atoms with Gasteiger partial charge in [-0.15, -0.1) is 5.10 Å². The minimum atomic E-state index is -0.370. The number of ether oxygens (including phenoxy) is 1. The van der Waals surface area contributed by atoms with Gasteiger partial charge in [-0.1, -0.05) is 22.9 Å². The van der Waals surface area contributed by atoms with Crippen LogP contribution < -0.4 is 10.9 Å². The molecule has 0 atom stereocenters. The smallest absolute Gasteiger partial charge is 0.338 e. The number of fused-ring (bicyclic) bond motifs is 2. The molecule has 7 nitrogen and oxygen atoms in total. The van der Waals surface area contributed by atoms with E-state index in [9.17, 15) is 9.59 Å². The summed E-state index contributed by atoms with van der Waals surface area (Å²) in [6, 6.07) is 11.8. The molecule has 9 heteroatoms. The third kappa shape index (κ3) is 3.36. The Balaban J connectivity index is 1.66. The first-order valence-electron chi connectivity index (χ1n) is 8.08. The molecule has 0 aliphatic carbocycles. The highest BCUT2D eigenvalue weighted by Gasteiger charge is 2.12. The number of carbonyl (C=O) groups is 1. The minimum absolute atomic E-state index is 0.278. The molecule has 2 heterocycles. The third-order valence-electron chi connectivity index (χ3n) is 3.80. The second-order valence-electron chi connectivity index (χ2n) is 5.60. The molecule has 4 aromatic rings. The summed E-state index contributed by atoms with van der Waals surface area (Å²) in [7, 11) is 0. The lowest BCUT2D eigenvalue weighted by Crippen LogP contribution is -2.15. The van der Waals surface area contributed by atoms with Crippen LogP contribution in [0.25, 0.3) is 15.9 Å². The Morgan fingerprint density at radius 2 is 2.04 bits per heavy atom. The van der Waals surface area contributed by atoms with Crippen molar-refractivity contribution < 1.29 is 9.53 Å². The summed E-state index contributed by atoms with van der Waals surface area (Å²) in [5, 5.41) is 8.79. The number of nitrogens with zero attached hydrogens (tertiary/aromatic N) is 3. The fraction of sp³-hybridized carbons (Fsp3) is 0.111. The van der Waals surface area contributed by atoms with Crippen LogP contribution in [0, 0.1) is 0 Å². The van der Waals surface area contributed by atoms with Crippen molar-refractivity contribution in [1.29, 1.82) is 0 Å². The van der Waals surface area contributed by atoms with Gasteiger partial charge < -0.3 is 10.1 Å². The van der Waals surface area contributed by atoms with Crippen molar-refractivity contribution in [3.63, 3.8) is 0 Å². The van der Waals surface area contributed by atoms with Crippen LogP contribution in [0.5, 0.6) is 0 Å². The predicted molar refractivity (Wildman–Crippen MR) is 105 cm³/mol. The molecule has 2 aromatic heterocycles. The molecule has 0 saturated heterocycles. The Hall–Kier alpha value is -2.97. The lowest BCUT2D eigenvalue weighted by atomic mass is 10.2. The lowest BCUT2D eigenvalue weighted by molar-refractivity contribution is 0.0526. The number of halogens is 1. The van der Waals surface area contributed by atoms with E-state index in [1.54, 1.807) is 49.4 Å². The Morgan fingerprint density at radius 3 is 2.78 bits per heavy atom. The van der Waals surface area contributed by atoms with Gasteiger partial charge in [-0.3, -0.25) is 4.79 Å². The van der Waals surface area contributed by atoms with Gasteiger partial charge in [0.25, 0.3) is 5.56 Å². The fourth-order valence-electron chi connectivity index (χ4n) is 2.56. The molecule has 0 radical (unpaired) electrons. The van der Waals surface area contributed by atoms with E-state index >= 15 is 0 Å². The average molecular weight is 401 g/mol. The molecule has 0 spiro atoms. The number of hydrogen-bond donors (Lipinski definition) is 1. The summed E-state index contributed by atoms with van der Waals surface area (Å²) in [6.07, 6.45) is 0. The second-order valence-corrected chi connectivity index (χ2v) is 7.00. The molecule has 136 valence electrons. The summed E-state index contributed by atoms with van der Waals surface area (Å²) in [5.74, 6) is -0.370. The SMILES string of the molecule is CCOC(=O)c1ccc(Nc2nn3c(=O)c4cc(Cl)ccc4nc3s2)cc1. The molecule has 1 N–H and O–H groups in total. The molecular formula is C18H13ClN4O3S. The molecule has 0 amide bonds. The van der Waals surface area contributed by atoms with Crippen LogP contribution in [0.2, 0.25) is 5.02 Å². The number of hydrogen-bond acceptors (Lipinski definition) is 7. The molecule has 27 heavy (non-hydrogen) atoms. The van der Waals surface area contributed by atoms with Gasteiger partial charge in [0.15, 0.2) is 0 Å². The van der Waals surface area contributed by atoms with Crippen LogP contribution in [0.15, 0.2) is 47.3 Å². The van der Waals surface area contributed by atoms with Crippen LogP contribution in [-0.4, -0.2) is 27.2 Å². The van der Waals surface area contributed by atoms with Crippen LogP contribution in [0.3, 0.4) is 0 Å². The fourth-order valence-corrected chi connectivity index (χ4v) is 3.55. The van der Waals surface area contributed by atoms with Crippen molar-refractivity contribution in [3.8, 4) is 0 Å². The summed E-state index contributed by atoms with van der Waals surface area (Å²) >= 11 is 7.22. The first-order chi connectivity index (χ1) is 13.0. The molecule has 0 aliphatic heterocycles. The zero-order chi connectivity index (χ0) is 19.0. The molecule has 4 rings (SSSR count). The van der Waals surface area contributed by atoms with E-state index in [0.29, 0.717) is 38.2 Å². The Bertz CT molecular complexity index is 1220. The molecular weight excluding hydrogens is 388 g/mol. The standard InChI is InChI=1S/C18H13ClN4O3S/c1-2-26-16(25)10-3-6-12(7-4-10)20-17-22-23-15(24)13-9-11(19)5-8-14(13)21-18(23)27-17/h3-9H,2H2,1H3,(H,20,22). The Kier molecular flexibility index (Phi) is 4.51. The first-order valence-corrected chi connectivity index (χ1v) is 9.28. The van der Waals surface area contributed by atoms with Gasteiger partial charge in [0.05, 0.1) is 23.1 Å². The Labute approximate surface area is 162 Å². The van der Waals surface area contributed by atoms with E-state index in [1.807, 2.05) is 0 Å². The molecule has 0 bridgehead atoms. The molecule has 2 aromatic carbocycles. The van der Waals surface area contributed by atoms with Gasteiger partial charge in [-0.05, 0) is 49.4 Å². The molecule has 0 aliphatic rings. The van der Waals surface area contributed by atoms with Crippen molar-refractivity contribution in [2.75, 3.05) is 11.9 Å². The number of rotatable bonds is 4. The van der Waals surface area contributed by atoms with Gasteiger partial charge in [0, 0.05) is 10.7 Å². The predicted octanol–water partition coefficient (Wildman–Crippen LogP) is 3.88. The van der Waals surface area contributed by atoms with E-state index in [4.69, 9.17) is 16.3 Å². The van der Waals surface area contributed by atoms with Crippen molar-refractivity contribution in [2.45, 2.75) is 6.92 Å². The first kappa shape index (κ1) is 17.4. The molecule has 0 unspecified atom stereocenters. The van der Waals surface area contributed by atoms with Crippen molar-refractivity contribution in [3.05, 3.63) is 63.4 Å². The maximum Gasteiger partial charge on any atom is 0.338 e. The number of aromatic nitrogens is 3. The summed E-state index contributed by atoms with van der Waals surface area (Å²) in [5.41, 5.74) is 1.48. The van der Waals surface area contributed by atoms with E-state index in [0.717, 1.165) is 5.69 Å². The topological polar surface area (TPSA) is 85.6 Å². The third-order valence-corrected chi connectivity index (χ3v) is 4.86. The Morgan fingerprint density at radius 1 is 1.26 bits per heavy atom. The highest BCUT2D eigenvalue weighted by atomic mass is 35.5. The van der Waals surface area contributed by atoms with E-state index in [1.165, 1.54) is 15.9 Å². The van der Waals surface area contributed by atoms with Crippen LogP contribution in [0.4, 0.5) is 10.8 Å². The number of carbonyl (C=O) groups excluding carboxylic acids is 1. The highest BCUT2D eigenvalue weighted by molar-refractivity contribution is 7.20. The van der Waals surface area contributed by atoms with Crippen molar-refractivity contribution in [1.82, 2.24) is 14.6 Å². The zero-order valence-electron chi connectivity index (χ0n) is 14.1. The summed E-state index contributed by atoms with van der Waals surface area (Å²) in [6.45, 7) is 2.08. The number of benzene rings is 2. The van der Waals surface area contributed by atoms with Gasteiger partial charge in [-0.2, -0.15) is 4.52 Å². The van der Waals surface area contributed by atoms with E-state index in [2.05, 4.69) is 15.4 Å². The second kappa shape index (κ2) is 6.98. The van der Waals surface area contributed by atoms with E-state index < -0.39 is 0 Å². The van der Waals surface area contributed by atoms with Gasteiger partial charge in [-0.25, -0.2) is 9.78 Å². The van der Waals surface area contributed by atoms with E-state index in [-0.39, 0.29) is 11.5 Å².